The van der Waals surface area contributed by atoms with Gasteiger partial charge in [-0.2, -0.15) is 0 Å². The molecular formula is C16H17BrN2O. The summed E-state index contributed by atoms with van der Waals surface area (Å²) < 4.78 is 1.05. The Bertz CT molecular complexity index is 650. The highest BCUT2D eigenvalue weighted by atomic mass is 79.9. The molecule has 2 aromatic carbocycles. The average molecular weight is 333 g/mol. The van der Waals surface area contributed by atoms with Gasteiger partial charge in [-0.05, 0) is 48.0 Å². The number of hydrogen-bond donors (Lipinski definition) is 1. The largest absolute Gasteiger partial charge is 0.337 e. The zero-order valence-electron chi connectivity index (χ0n) is 11.4. The normalized spacial score (nSPS) is 18.4. The first-order valence-corrected chi connectivity index (χ1v) is 7.61. The molecule has 0 saturated carbocycles. The van der Waals surface area contributed by atoms with E-state index in [2.05, 4.69) is 27.3 Å². The highest BCUT2D eigenvalue weighted by molar-refractivity contribution is 9.10. The third-order valence-corrected chi connectivity index (χ3v) is 4.44. The van der Waals surface area contributed by atoms with E-state index in [0.29, 0.717) is 6.04 Å². The summed E-state index contributed by atoms with van der Waals surface area (Å²) in [5.41, 5.74) is 0.759. The van der Waals surface area contributed by atoms with Crippen LogP contribution in [0.25, 0.3) is 10.8 Å². The number of hydrogen-bond acceptors (Lipinski definition) is 2. The van der Waals surface area contributed by atoms with E-state index in [1.54, 1.807) is 0 Å². The van der Waals surface area contributed by atoms with Crippen molar-refractivity contribution in [2.24, 2.45) is 0 Å². The number of fused-ring (bicyclic) bond motifs is 1. The van der Waals surface area contributed by atoms with Crippen molar-refractivity contribution in [3.05, 3.63) is 46.4 Å². The zero-order chi connectivity index (χ0) is 14.1. The first-order chi connectivity index (χ1) is 9.65. The molecule has 1 fully saturated rings. The molecule has 2 aromatic rings. The van der Waals surface area contributed by atoms with Gasteiger partial charge >= 0.3 is 0 Å². The van der Waals surface area contributed by atoms with Gasteiger partial charge in [0.25, 0.3) is 5.91 Å². The molecule has 104 valence electrons. The summed E-state index contributed by atoms with van der Waals surface area (Å²) in [5, 5.41) is 5.53. The predicted octanol–water partition coefficient (Wildman–Crippen LogP) is 3.04. The number of carbonyl (C=O) groups is 1. The number of carbonyl (C=O) groups excluding carboxylic acids is 1. The van der Waals surface area contributed by atoms with Crippen LogP contribution in [-0.2, 0) is 0 Å². The van der Waals surface area contributed by atoms with Gasteiger partial charge in [-0.25, -0.2) is 0 Å². The molecule has 0 radical (unpaired) electrons. The summed E-state index contributed by atoms with van der Waals surface area (Å²) >= 11 is 3.47. The number of nitrogens with zero attached hydrogens (tertiary/aromatic N) is 1. The van der Waals surface area contributed by atoms with Crippen molar-refractivity contribution in [1.29, 1.82) is 0 Å². The number of halogens is 1. The summed E-state index contributed by atoms with van der Waals surface area (Å²) in [5.74, 6) is 0.100. The molecular weight excluding hydrogens is 316 g/mol. The summed E-state index contributed by atoms with van der Waals surface area (Å²) in [6.45, 7) is 1.89. The molecule has 0 bridgehead atoms. The molecule has 1 saturated heterocycles. The van der Waals surface area contributed by atoms with E-state index in [4.69, 9.17) is 0 Å². The Labute approximate surface area is 127 Å². The number of amides is 1. The summed E-state index contributed by atoms with van der Waals surface area (Å²) in [6.07, 6.45) is 1.03. The monoisotopic (exact) mass is 332 g/mol. The molecule has 1 heterocycles. The van der Waals surface area contributed by atoms with Gasteiger partial charge in [-0.15, -0.1) is 0 Å². The van der Waals surface area contributed by atoms with Crippen LogP contribution in [0.3, 0.4) is 0 Å². The van der Waals surface area contributed by atoms with Gasteiger partial charge in [0.2, 0.25) is 0 Å². The Morgan fingerprint density at radius 2 is 2.00 bits per heavy atom. The maximum absolute atomic E-state index is 12.5. The molecule has 1 N–H and O–H groups in total. The predicted molar refractivity (Wildman–Crippen MR) is 85.0 cm³/mol. The highest BCUT2D eigenvalue weighted by Crippen LogP contribution is 2.22. The van der Waals surface area contributed by atoms with Crippen LogP contribution < -0.4 is 5.32 Å². The van der Waals surface area contributed by atoms with Crippen LogP contribution >= 0.6 is 15.9 Å². The van der Waals surface area contributed by atoms with E-state index < -0.39 is 0 Å². The highest BCUT2D eigenvalue weighted by Gasteiger charge is 2.23. The van der Waals surface area contributed by atoms with Crippen molar-refractivity contribution in [3.8, 4) is 0 Å². The Kier molecular flexibility index (Phi) is 3.76. The van der Waals surface area contributed by atoms with Crippen molar-refractivity contribution in [3.63, 3.8) is 0 Å². The van der Waals surface area contributed by atoms with Crippen molar-refractivity contribution in [2.45, 2.75) is 12.5 Å². The molecule has 3 rings (SSSR count). The number of benzene rings is 2. The van der Waals surface area contributed by atoms with Crippen LogP contribution in [0.2, 0.25) is 0 Å². The molecule has 1 aliphatic heterocycles. The fraction of sp³-hybridized carbons (Fsp3) is 0.312. The van der Waals surface area contributed by atoms with Crippen molar-refractivity contribution < 1.29 is 4.79 Å². The average Bonchev–Trinajstić information content (AvgIpc) is 2.99. The van der Waals surface area contributed by atoms with Crippen LogP contribution in [0.4, 0.5) is 0 Å². The molecule has 0 aliphatic carbocycles. The Morgan fingerprint density at radius 3 is 2.75 bits per heavy atom. The van der Waals surface area contributed by atoms with E-state index in [1.165, 1.54) is 0 Å². The SMILES string of the molecule is CN(C(=O)c1ccc2cc(Br)ccc2c1)C1CCNC1. The molecule has 20 heavy (non-hydrogen) atoms. The Balaban J connectivity index is 1.89. The Hall–Kier alpha value is -1.39. The minimum atomic E-state index is 0.100. The second-order valence-corrected chi connectivity index (χ2v) is 6.18. The maximum Gasteiger partial charge on any atom is 0.253 e. The van der Waals surface area contributed by atoms with E-state index in [9.17, 15) is 4.79 Å². The molecule has 1 amide bonds. The van der Waals surface area contributed by atoms with Gasteiger partial charge in [-0.1, -0.05) is 28.1 Å². The first kappa shape index (κ1) is 13.6. The first-order valence-electron chi connectivity index (χ1n) is 6.82. The molecule has 1 aliphatic rings. The van der Waals surface area contributed by atoms with E-state index >= 15 is 0 Å². The lowest BCUT2D eigenvalue weighted by atomic mass is 10.1. The fourth-order valence-electron chi connectivity index (χ4n) is 2.69. The van der Waals surface area contributed by atoms with E-state index in [0.717, 1.165) is 40.3 Å². The van der Waals surface area contributed by atoms with Gasteiger partial charge in [0.05, 0.1) is 0 Å². The topological polar surface area (TPSA) is 32.3 Å². The molecule has 1 atom stereocenters. The summed E-state index contributed by atoms with van der Waals surface area (Å²) in [4.78, 5) is 14.4. The lowest BCUT2D eigenvalue weighted by Crippen LogP contribution is -2.38. The minimum absolute atomic E-state index is 0.100. The smallest absolute Gasteiger partial charge is 0.253 e. The number of likely N-dealkylation sites (N-methyl/N-ethyl adjacent to an activating group) is 1. The van der Waals surface area contributed by atoms with E-state index in [-0.39, 0.29) is 5.91 Å². The second kappa shape index (κ2) is 5.54. The molecule has 3 nitrogen and oxygen atoms in total. The minimum Gasteiger partial charge on any atom is -0.337 e. The third kappa shape index (κ3) is 2.58. The van der Waals surface area contributed by atoms with Gasteiger partial charge < -0.3 is 10.2 Å². The lowest BCUT2D eigenvalue weighted by molar-refractivity contribution is 0.0744. The summed E-state index contributed by atoms with van der Waals surface area (Å²) in [7, 11) is 1.89. The number of rotatable bonds is 2. The fourth-order valence-corrected chi connectivity index (χ4v) is 3.07. The standard InChI is InChI=1S/C16H17BrN2O/c1-19(15-6-7-18-10-15)16(20)13-3-2-12-9-14(17)5-4-11(12)8-13/h2-5,8-9,15,18H,6-7,10H2,1H3. The van der Waals surface area contributed by atoms with Crippen LogP contribution in [0.1, 0.15) is 16.8 Å². The van der Waals surface area contributed by atoms with Crippen LogP contribution in [0.15, 0.2) is 40.9 Å². The van der Waals surface area contributed by atoms with Gasteiger partial charge in [0, 0.05) is 29.7 Å². The summed E-state index contributed by atoms with van der Waals surface area (Å²) in [6, 6.07) is 12.3. The Morgan fingerprint density at radius 1 is 1.25 bits per heavy atom. The molecule has 1 unspecified atom stereocenters. The zero-order valence-corrected chi connectivity index (χ0v) is 13.0. The quantitative estimate of drug-likeness (QED) is 0.916. The van der Waals surface area contributed by atoms with Crippen LogP contribution in [0, 0.1) is 0 Å². The van der Waals surface area contributed by atoms with Crippen molar-refractivity contribution in [1.82, 2.24) is 10.2 Å². The van der Waals surface area contributed by atoms with Gasteiger partial charge in [-0.3, -0.25) is 4.79 Å². The lowest BCUT2D eigenvalue weighted by Gasteiger charge is -2.24. The number of nitrogens with one attached hydrogen (secondary N) is 1. The third-order valence-electron chi connectivity index (χ3n) is 3.95. The second-order valence-electron chi connectivity index (χ2n) is 5.27. The molecule has 0 spiro atoms. The van der Waals surface area contributed by atoms with Crippen LogP contribution in [-0.4, -0.2) is 37.0 Å². The van der Waals surface area contributed by atoms with Gasteiger partial charge in [0.15, 0.2) is 0 Å². The van der Waals surface area contributed by atoms with Crippen molar-refractivity contribution in [2.75, 3.05) is 20.1 Å². The maximum atomic E-state index is 12.5. The van der Waals surface area contributed by atoms with Gasteiger partial charge in [0.1, 0.15) is 0 Å². The van der Waals surface area contributed by atoms with Crippen molar-refractivity contribution >= 4 is 32.6 Å². The molecule has 4 heteroatoms. The van der Waals surface area contributed by atoms with Crippen LogP contribution in [0.5, 0.6) is 0 Å². The van der Waals surface area contributed by atoms with E-state index in [1.807, 2.05) is 42.3 Å². The molecule has 0 aromatic heterocycles.